The highest BCUT2D eigenvalue weighted by molar-refractivity contribution is 5.82. The summed E-state index contributed by atoms with van der Waals surface area (Å²) in [5.41, 5.74) is 0.192. The van der Waals surface area contributed by atoms with Gasteiger partial charge in [-0.1, -0.05) is 0 Å². The Morgan fingerprint density at radius 1 is 1.25 bits per heavy atom. The lowest BCUT2D eigenvalue weighted by Gasteiger charge is -2.20. The molecule has 0 bridgehead atoms. The lowest BCUT2D eigenvalue weighted by Crippen LogP contribution is -2.32. The van der Waals surface area contributed by atoms with Crippen molar-refractivity contribution in [3.8, 4) is 11.5 Å². The van der Waals surface area contributed by atoms with Crippen molar-refractivity contribution >= 4 is 16.8 Å². The molecule has 0 atom stereocenters. The molecule has 0 radical (unpaired) electrons. The highest BCUT2D eigenvalue weighted by atomic mass is 16.5. The standard InChI is InChI=1S/C19H23N5O4/c1-4-23(18(25)6-9-24-8-5-7-20-24)12-17-21-14-11-16(28-3)15(27-2)10-13(14)19(26)22-17/h5,7-8,10-11H,4,6,9,12H2,1-3H3,(H,21,22,26). The van der Waals surface area contributed by atoms with Crippen molar-refractivity contribution in [3.63, 3.8) is 0 Å². The van der Waals surface area contributed by atoms with E-state index in [0.29, 0.717) is 47.7 Å². The number of rotatable bonds is 8. The normalized spacial score (nSPS) is 10.8. The van der Waals surface area contributed by atoms with E-state index >= 15 is 0 Å². The van der Waals surface area contributed by atoms with Crippen LogP contribution in [-0.4, -0.2) is 51.3 Å². The molecule has 0 saturated heterocycles. The highest BCUT2D eigenvalue weighted by Crippen LogP contribution is 2.29. The van der Waals surface area contributed by atoms with Crippen molar-refractivity contribution in [2.75, 3.05) is 20.8 Å². The second-order valence-electron chi connectivity index (χ2n) is 6.16. The molecule has 1 N–H and O–H groups in total. The number of carbonyl (C=O) groups excluding carboxylic acids is 1. The van der Waals surface area contributed by atoms with Crippen LogP contribution in [0.15, 0.2) is 35.4 Å². The second kappa shape index (κ2) is 8.55. The van der Waals surface area contributed by atoms with Gasteiger partial charge in [0.05, 0.1) is 31.7 Å². The zero-order valence-electron chi connectivity index (χ0n) is 16.1. The lowest BCUT2D eigenvalue weighted by atomic mass is 10.2. The third kappa shape index (κ3) is 4.13. The molecule has 0 saturated carbocycles. The van der Waals surface area contributed by atoms with Crippen molar-refractivity contribution in [2.45, 2.75) is 26.4 Å². The smallest absolute Gasteiger partial charge is 0.258 e. The van der Waals surface area contributed by atoms with Gasteiger partial charge in [-0.2, -0.15) is 5.10 Å². The number of methoxy groups -OCH3 is 2. The Kier molecular flexibility index (Phi) is 5.93. The molecule has 3 aromatic rings. The van der Waals surface area contributed by atoms with Gasteiger partial charge in [0.25, 0.3) is 5.56 Å². The van der Waals surface area contributed by atoms with E-state index < -0.39 is 0 Å². The number of hydrogen-bond donors (Lipinski definition) is 1. The average molecular weight is 385 g/mol. The van der Waals surface area contributed by atoms with E-state index in [2.05, 4.69) is 15.1 Å². The topological polar surface area (TPSA) is 102 Å². The predicted molar refractivity (Wildman–Crippen MR) is 103 cm³/mol. The summed E-state index contributed by atoms with van der Waals surface area (Å²) >= 11 is 0. The Bertz CT molecular complexity index is 1010. The van der Waals surface area contributed by atoms with Crippen LogP contribution in [0.4, 0.5) is 0 Å². The Morgan fingerprint density at radius 2 is 2.00 bits per heavy atom. The molecule has 0 aliphatic rings. The van der Waals surface area contributed by atoms with Crippen LogP contribution in [0.25, 0.3) is 10.9 Å². The zero-order chi connectivity index (χ0) is 20.1. The minimum atomic E-state index is -0.291. The molecule has 148 valence electrons. The summed E-state index contributed by atoms with van der Waals surface area (Å²) in [6.45, 7) is 3.11. The summed E-state index contributed by atoms with van der Waals surface area (Å²) in [6.07, 6.45) is 3.81. The molecule has 2 aromatic heterocycles. The fourth-order valence-electron chi connectivity index (χ4n) is 2.95. The third-order valence-electron chi connectivity index (χ3n) is 4.45. The number of hydrogen-bond acceptors (Lipinski definition) is 6. The van der Waals surface area contributed by atoms with Crippen LogP contribution in [-0.2, 0) is 17.9 Å². The molecule has 0 aliphatic heterocycles. The first-order chi connectivity index (χ1) is 13.5. The summed E-state index contributed by atoms with van der Waals surface area (Å²) in [4.78, 5) is 33.9. The molecule has 1 aromatic carbocycles. The molecule has 0 fully saturated rings. The molecule has 0 unspecified atom stereocenters. The van der Waals surface area contributed by atoms with Crippen molar-refractivity contribution in [3.05, 3.63) is 46.8 Å². The SMILES string of the molecule is CCN(Cc1nc2cc(OC)c(OC)cc2c(=O)[nH]1)C(=O)CCn1cccn1. The number of aryl methyl sites for hydroxylation is 1. The maximum Gasteiger partial charge on any atom is 0.258 e. The fraction of sp³-hybridized carbons (Fsp3) is 0.368. The van der Waals surface area contributed by atoms with E-state index in [9.17, 15) is 9.59 Å². The largest absolute Gasteiger partial charge is 0.493 e. The van der Waals surface area contributed by atoms with Crippen molar-refractivity contribution < 1.29 is 14.3 Å². The van der Waals surface area contributed by atoms with Gasteiger partial charge in [0.15, 0.2) is 11.5 Å². The van der Waals surface area contributed by atoms with E-state index in [1.807, 2.05) is 19.2 Å². The first kappa shape index (κ1) is 19.4. The zero-order valence-corrected chi connectivity index (χ0v) is 16.1. The fourth-order valence-corrected chi connectivity index (χ4v) is 2.95. The Morgan fingerprint density at radius 3 is 2.64 bits per heavy atom. The van der Waals surface area contributed by atoms with Gasteiger partial charge in [0.2, 0.25) is 5.91 Å². The lowest BCUT2D eigenvalue weighted by molar-refractivity contribution is -0.132. The van der Waals surface area contributed by atoms with Gasteiger partial charge in [-0.25, -0.2) is 4.98 Å². The molecule has 2 heterocycles. The Hall–Kier alpha value is -3.36. The van der Waals surface area contributed by atoms with E-state index in [1.54, 1.807) is 27.9 Å². The van der Waals surface area contributed by atoms with Gasteiger partial charge in [0.1, 0.15) is 5.82 Å². The summed E-state index contributed by atoms with van der Waals surface area (Å²) in [5.74, 6) is 1.33. The van der Waals surface area contributed by atoms with Crippen molar-refractivity contribution in [1.82, 2.24) is 24.6 Å². The number of benzene rings is 1. The quantitative estimate of drug-likeness (QED) is 0.632. The van der Waals surface area contributed by atoms with E-state index in [4.69, 9.17) is 9.47 Å². The Labute approximate surface area is 161 Å². The van der Waals surface area contributed by atoms with Crippen LogP contribution < -0.4 is 15.0 Å². The van der Waals surface area contributed by atoms with E-state index in [1.165, 1.54) is 14.2 Å². The number of H-pyrrole nitrogens is 1. The maximum atomic E-state index is 12.5. The summed E-state index contributed by atoms with van der Waals surface area (Å²) < 4.78 is 12.2. The van der Waals surface area contributed by atoms with Crippen LogP contribution >= 0.6 is 0 Å². The summed E-state index contributed by atoms with van der Waals surface area (Å²) in [5, 5.41) is 4.50. The molecule has 1 amide bonds. The first-order valence-electron chi connectivity index (χ1n) is 8.95. The van der Waals surface area contributed by atoms with Gasteiger partial charge < -0.3 is 19.4 Å². The number of carbonyl (C=O) groups is 1. The second-order valence-corrected chi connectivity index (χ2v) is 6.16. The minimum Gasteiger partial charge on any atom is -0.493 e. The molecular formula is C19H23N5O4. The van der Waals surface area contributed by atoms with Gasteiger partial charge in [-0.3, -0.25) is 14.3 Å². The minimum absolute atomic E-state index is 0.0342. The van der Waals surface area contributed by atoms with Gasteiger partial charge in [-0.05, 0) is 19.1 Å². The first-order valence-corrected chi connectivity index (χ1v) is 8.95. The third-order valence-corrected chi connectivity index (χ3v) is 4.45. The van der Waals surface area contributed by atoms with Crippen molar-refractivity contribution in [2.24, 2.45) is 0 Å². The van der Waals surface area contributed by atoms with E-state index in [-0.39, 0.29) is 18.0 Å². The molecule has 3 rings (SSSR count). The van der Waals surface area contributed by atoms with Crippen LogP contribution in [0.3, 0.4) is 0 Å². The maximum absolute atomic E-state index is 12.5. The number of ether oxygens (including phenoxy) is 2. The highest BCUT2D eigenvalue weighted by Gasteiger charge is 2.16. The molecular weight excluding hydrogens is 362 g/mol. The average Bonchev–Trinajstić information content (AvgIpc) is 3.23. The number of fused-ring (bicyclic) bond motifs is 1. The molecule has 0 aliphatic carbocycles. The molecule has 9 heteroatoms. The summed E-state index contributed by atoms with van der Waals surface area (Å²) in [6, 6.07) is 5.06. The van der Waals surface area contributed by atoms with Crippen LogP contribution in [0.2, 0.25) is 0 Å². The molecule has 9 nitrogen and oxygen atoms in total. The number of nitrogens with zero attached hydrogens (tertiary/aromatic N) is 4. The molecule has 28 heavy (non-hydrogen) atoms. The van der Waals surface area contributed by atoms with E-state index in [0.717, 1.165) is 0 Å². The number of aromatic nitrogens is 4. The predicted octanol–water partition coefficient (Wildman–Crippen LogP) is 1.58. The van der Waals surface area contributed by atoms with Gasteiger partial charge in [-0.15, -0.1) is 0 Å². The molecule has 0 spiro atoms. The van der Waals surface area contributed by atoms with Gasteiger partial charge >= 0.3 is 0 Å². The van der Waals surface area contributed by atoms with Crippen LogP contribution in [0.5, 0.6) is 11.5 Å². The number of aromatic amines is 1. The summed E-state index contributed by atoms with van der Waals surface area (Å²) in [7, 11) is 3.03. The monoisotopic (exact) mass is 385 g/mol. The Balaban J connectivity index is 1.81. The van der Waals surface area contributed by atoms with Gasteiger partial charge in [0, 0.05) is 38.0 Å². The van der Waals surface area contributed by atoms with Crippen molar-refractivity contribution in [1.29, 1.82) is 0 Å². The van der Waals surface area contributed by atoms with Crippen LogP contribution in [0, 0.1) is 0 Å². The number of nitrogens with one attached hydrogen (secondary N) is 1. The van der Waals surface area contributed by atoms with Crippen LogP contribution in [0.1, 0.15) is 19.2 Å². The number of amides is 1.